The first-order valence-electron chi connectivity index (χ1n) is 10.7. The van der Waals surface area contributed by atoms with E-state index in [1.165, 1.54) is 9.58 Å². The second kappa shape index (κ2) is 8.78. The molecule has 1 N–H and O–H groups in total. The minimum Gasteiger partial charge on any atom is -0.480 e. The maximum atomic E-state index is 13.5. The number of tetrazole rings is 1. The van der Waals surface area contributed by atoms with Gasteiger partial charge in [-0.3, -0.25) is 4.79 Å². The van der Waals surface area contributed by atoms with E-state index in [1.807, 2.05) is 72.8 Å². The van der Waals surface area contributed by atoms with Crippen LogP contribution < -0.4 is 4.90 Å². The van der Waals surface area contributed by atoms with E-state index >= 15 is 0 Å². The molecule has 9 nitrogen and oxygen atoms in total. The molecule has 0 spiro atoms. The Balaban J connectivity index is 1.65. The van der Waals surface area contributed by atoms with Crippen LogP contribution in [0.4, 0.5) is 5.95 Å². The SMILES string of the molecule is CC1=C(C(=O)OCc2ccccc2)C(c2cccc3ccccc23)n2nnnc2N1CC(=O)O. The Morgan fingerprint density at radius 1 is 1.00 bits per heavy atom. The van der Waals surface area contributed by atoms with Gasteiger partial charge in [0.15, 0.2) is 0 Å². The van der Waals surface area contributed by atoms with E-state index in [9.17, 15) is 14.7 Å². The number of rotatable bonds is 6. The molecule has 0 amide bonds. The highest BCUT2D eigenvalue weighted by Gasteiger charge is 2.39. The van der Waals surface area contributed by atoms with Crippen molar-refractivity contribution in [2.45, 2.75) is 19.6 Å². The van der Waals surface area contributed by atoms with Gasteiger partial charge in [-0.25, -0.2) is 4.79 Å². The van der Waals surface area contributed by atoms with Crippen molar-refractivity contribution in [3.8, 4) is 0 Å². The van der Waals surface area contributed by atoms with Gasteiger partial charge in [-0.05, 0) is 39.2 Å². The number of fused-ring (bicyclic) bond motifs is 2. The van der Waals surface area contributed by atoms with Crippen molar-refractivity contribution >= 4 is 28.7 Å². The molecule has 9 heteroatoms. The molecule has 0 saturated heterocycles. The van der Waals surface area contributed by atoms with E-state index in [4.69, 9.17) is 4.74 Å². The fourth-order valence-corrected chi connectivity index (χ4v) is 4.31. The van der Waals surface area contributed by atoms with Crippen LogP contribution in [0.25, 0.3) is 10.8 Å². The van der Waals surface area contributed by atoms with Crippen LogP contribution in [0.1, 0.15) is 24.1 Å². The van der Waals surface area contributed by atoms with Gasteiger partial charge in [0.25, 0.3) is 5.95 Å². The molecule has 4 aromatic rings. The summed E-state index contributed by atoms with van der Waals surface area (Å²) in [5.41, 5.74) is 2.37. The van der Waals surface area contributed by atoms with Gasteiger partial charge in [0.2, 0.25) is 0 Å². The molecule has 1 aromatic heterocycles. The summed E-state index contributed by atoms with van der Waals surface area (Å²) in [6, 6.07) is 22.3. The number of carboxylic acids is 1. The van der Waals surface area contributed by atoms with Crippen molar-refractivity contribution < 1.29 is 19.4 Å². The maximum absolute atomic E-state index is 13.5. The molecule has 1 atom stereocenters. The number of ether oxygens (including phenoxy) is 1. The van der Waals surface area contributed by atoms with Gasteiger partial charge in [0.05, 0.1) is 5.57 Å². The van der Waals surface area contributed by atoms with E-state index in [-0.39, 0.29) is 18.1 Å². The maximum Gasteiger partial charge on any atom is 0.338 e. The summed E-state index contributed by atoms with van der Waals surface area (Å²) in [4.78, 5) is 26.5. The zero-order valence-corrected chi connectivity index (χ0v) is 18.3. The second-order valence-corrected chi connectivity index (χ2v) is 7.94. The average Bonchev–Trinajstić information content (AvgIpc) is 3.34. The predicted octanol–water partition coefficient (Wildman–Crippen LogP) is 3.34. The van der Waals surface area contributed by atoms with Crippen LogP contribution in [0, 0.1) is 0 Å². The lowest BCUT2D eigenvalue weighted by Gasteiger charge is -2.34. The first kappa shape index (κ1) is 21.3. The topological polar surface area (TPSA) is 110 Å². The standard InChI is InChI=1S/C25H21N5O4/c1-16-22(24(33)34-15-17-8-3-2-4-9-17)23(20-13-7-11-18-10-5-6-12-19(18)20)30-25(26-27-28-30)29(16)14-21(31)32/h2-13,23H,14-15H2,1H3,(H,31,32). The third kappa shape index (κ3) is 3.77. The van der Waals surface area contributed by atoms with Crippen molar-refractivity contribution in [3.63, 3.8) is 0 Å². The van der Waals surface area contributed by atoms with E-state index in [0.29, 0.717) is 5.70 Å². The van der Waals surface area contributed by atoms with E-state index in [0.717, 1.165) is 21.9 Å². The van der Waals surface area contributed by atoms with Crippen LogP contribution in [0.5, 0.6) is 0 Å². The van der Waals surface area contributed by atoms with Crippen molar-refractivity contribution in [1.29, 1.82) is 0 Å². The van der Waals surface area contributed by atoms with Gasteiger partial charge >= 0.3 is 11.9 Å². The highest BCUT2D eigenvalue weighted by atomic mass is 16.5. The van der Waals surface area contributed by atoms with Gasteiger partial charge < -0.3 is 14.7 Å². The summed E-state index contributed by atoms with van der Waals surface area (Å²) >= 11 is 0. The highest BCUT2D eigenvalue weighted by Crippen LogP contribution is 2.40. The van der Waals surface area contributed by atoms with Crippen LogP contribution in [-0.2, 0) is 20.9 Å². The fraction of sp³-hybridized carbons (Fsp3) is 0.160. The number of carboxylic acid groups (broad SMARTS) is 1. The molecule has 1 aliphatic heterocycles. The molecule has 0 aliphatic carbocycles. The normalized spacial score (nSPS) is 15.3. The molecule has 1 unspecified atom stereocenters. The number of allylic oxidation sites excluding steroid dienone is 1. The van der Waals surface area contributed by atoms with Crippen molar-refractivity contribution in [3.05, 3.63) is 95.2 Å². The Morgan fingerprint density at radius 2 is 1.74 bits per heavy atom. The van der Waals surface area contributed by atoms with Gasteiger partial charge in [-0.15, -0.1) is 0 Å². The van der Waals surface area contributed by atoms with Crippen LogP contribution >= 0.6 is 0 Å². The molecule has 1 aliphatic rings. The van der Waals surface area contributed by atoms with E-state index in [1.54, 1.807) is 6.92 Å². The Bertz CT molecular complexity index is 1410. The van der Waals surface area contributed by atoms with Gasteiger partial charge in [0, 0.05) is 5.70 Å². The lowest BCUT2D eigenvalue weighted by atomic mass is 9.91. The molecule has 170 valence electrons. The molecule has 34 heavy (non-hydrogen) atoms. The summed E-state index contributed by atoms with van der Waals surface area (Å²) in [5.74, 6) is -1.39. The number of carbonyl (C=O) groups excluding carboxylic acids is 1. The molecule has 3 aromatic carbocycles. The molecule has 0 fully saturated rings. The summed E-state index contributed by atoms with van der Waals surface area (Å²) < 4.78 is 7.18. The number of esters is 1. The van der Waals surface area contributed by atoms with Crippen LogP contribution in [0.3, 0.4) is 0 Å². The van der Waals surface area contributed by atoms with Crippen LogP contribution in [0.2, 0.25) is 0 Å². The second-order valence-electron chi connectivity index (χ2n) is 7.94. The lowest BCUT2D eigenvalue weighted by molar-refractivity contribution is -0.141. The minimum atomic E-state index is -1.07. The molecular formula is C25H21N5O4. The number of nitrogens with zero attached hydrogens (tertiary/aromatic N) is 5. The molecule has 2 heterocycles. The minimum absolute atomic E-state index is 0.0834. The predicted molar refractivity (Wildman–Crippen MR) is 124 cm³/mol. The third-order valence-electron chi connectivity index (χ3n) is 5.87. The van der Waals surface area contributed by atoms with Crippen molar-refractivity contribution in [2.75, 3.05) is 11.4 Å². The Kier molecular flexibility index (Phi) is 5.51. The Hall–Kier alpha value is -4.53. The quantitative estimate of drug-likeness (QED) is 0.441. The third-order valence-corrected chi connectivity index (χ3v) is 5.87. The Labute approximate surface area is 194 Å². The highest BCUT2D eigenvalue weighted by molar-refractivity contribution is 5.95. The Morgan fingerprint density at radius 3 is 2.53 bits per heavy atom. The number of anilines is 1. The summed E-state index contributed by atoms with van der Waals surface area (Å²) in [5, 5.41) is 23.4. The van der Waals surface area contributed by atoms with E-state index in [2.05, 4.69) is 15.5 Å². The smallest absolute Gasteiger partial charge is 0.338 e. The zero-order valence-electron chi connectivity index (χ0n) is 18.3. The largest absolute Gasteiger partial charge is 0.480 e. The number of carbonyl (C=O) groups is 2. The van der Waals surface area contributed by atoms with Gasteiger partial charge in [0.1, 0.15) is 19.2 Å². The number of aromatic nitrogens is 4. The first-order chi connectivity index (χ1) is 16.5. The number of benzene rings is 3. The zero-order chi connectivity index (χ0) is 23.7. The fourth-order valence-electron chi connectivity index (χ4n) is 4.31. The first-order valence-corrected chi connectivity index (χ1v) is 10.7. The molecular weight excluding hydrogens is 434 g/mol. The van der Waals surface area contributed by atoms with Crippen LogP contribution in [-0.4, -0.2) is 43.8 Å². The summed E-state index contributed by atoms with van der Waals surface area (Å²) in [6.07, 6.45) is 0. The number of hydrogen-bond donors (Lipinski definition) is 1. The molecule has 0 radical (unpaired) electrons. The lowest BCUT2D eigenvalue weighted by Crippen LogP contribution is -2.39. The van der Waals surface area contributed by atoms with Crippen LogP contribution in [0.15, 0.2) is 84.1 Å². The summed E-state index contributed by atoms with van der Waals surface area (Å²) in [6.45, 7) is 1.38. The van der Waals surface area contributed by atoms with Gasteiger partial charge in [-0.1, -0.05) is 77.9 Å². The monoisotopic (exact) mass is 455 g/mol. The average molecular weight is 455 g/mol. The van der Waals surface area contributed by atoms with Gasteiger partial charge in [-0.2, -0.15) is 4.68 Å². The number of aliphatic carboxylic acids is 1. The van der Waals surface area contributed by atoms with Crippen molar-refractivity contribution in [1.82, 2.24) is 20.2 Å². The summed E-state index contributed by atoms with van der Waals surface area (Å²) in [7, 11) is 0. The molecule has 5 rings (SSSR count). The number of hydrogen-bond acceptors (Lipinski definition) is 7. The molecule has 0 saturated carbocycles. The van der Waals surface area contributed by atoms with Crippen molar-refractivity contribution in [2.24, 2.45) is 0 Å². The molecule has 0 bridgehead atoms. The van der Waals surface area contributed by atoms with E-state index < -0.39 is 24.5 Å².